The van der Waals surface area contributed by atoms with Gasteiger partial charge in [0.1, 0.15) is 0 Å². The standard InChI is InChI=1S/C15H23NO3/c1-2-14-3-5-15(6-4-14)13-19-12-11-18-10-9-17-8-7-16/h2-6H,1,7-13,16H2. The van der Waals surface area contributed by atoms with Gasteiger partial charge in [-0.05, 0) is 11.1 Å². The third-order valence-corrected chi connectivity index (χ3v) is 2.49. The van der Waals surface area contributed by atoms with Crippen molar-refractivity contribution in [2.75, 3.05) is 39.6 Å². The first-order valence-electron chi connectivity index (χ1n) is 6.51. The lowest BCUT2D eigenvalue weighted by molar-refractivity contribution is 0.0119. The smallest absolute Gasteiger partial charge is 0.0718 e. The summed E-state index contributed by atoms with van der Waals surface area (Å²) < 4.78 is 16.0. The van der Waals surface area contributed by atoms with Crippen LogP contribution in [0.25, 0.3) is 6.08 Å². The number of rotatable bonds is 11. The van der Waals surface area contributed by atoms with E-state index in [9.17, 15) is 0 Å². The average Bonchev–Trinajstić information content (AvgIpc) is 2.46. The fraction of sp³-hybridized carbons (Fsp3) is 0.467. The molecule has 1 aromatic carbocycles. The minimum atomic E-state index is 0.549. The van der Waals surface area contributed by atoms with Crippen LogP contribution in [-0.2, 0) is 20.8 Å². The highest BCUT2D eigenvalue weighted by Crippen LogP contribution is 2.06. The normalized spacial score (nSPS) is 10.6. The van der Waals surface area contributed by atoms with Crippen LogP contribution >= 0.6 is 0 Å². The van der Waals surface area contributed by atoms with E-state index < -0.39 is 0 Å². The molecular formula is C15H23NO3. The molecule has 1 aromatic rings. The van der Waals surface area contributed by atoms with Crippen LogP contribution in [0.4, 0.5) is 0 Å². The zero-order valence-electron chi connectivity index (χ0n) is 11.3. The number of hydrogen-bond acceptors (Lipinski definition) is 4. The second kappa shape index (κ2) is 10.7. The molecule has 0 aliphatic heterocycles. The highest BCUT2D eigenvalue weighted by molar-refractivity contribution is 5.47. The molecule has 0 heterocycles. The van der Waals surface area contributed by atoms with Gasteiger partial charge in [0.2, 0.25) is 0 Å². The van der Waals surface area contributed by atoms with Crippen molar-refractivity contribution in [1.29, 1.82) is 0 Å². The Bertz CT molecular complexity index is 338. The molecule has 0 bridgehead atoms. The Morgan fingerprint density at radius 3 is 2.05 bits per heavy atom. The van der Waals surface area contributed by atoms with E-state index in [1.165, 1.54) is 0 Å². The molecule has 4 nitrogen and oxygen atoms in total. The van der Waals surface area contributed by atoms with Gasteiger partial charge in [-0.2, -0.15) is 0 Å². The van der Waals surface area contributed by atoms with E-state index in [0.29, 0.717) is 46.2 Å². The lowest BCUT2D eigenvalue weighted by atomic mass is 10.1. The van der Waals surface area contributed by atoms with Gasteiger partial charge in [0.05, 0.1) is 39.6 Å². The largest absolute Gasteiger partial charge is 0.378 e. The molecule has 0 spiro atoms. The number of nitrogens with two attached hydrogens (primary N) is 1. The van der Waals surface area contributed by atoms with Crippen molar-refractivity contribution < 1.29 is 14.2 Å². The summed E-state index contributed by atoms with van der Waals surface area (Å²) in [6, 6.07) is 8.13. The molecular weight excluding hydrogens is 242 g/mol. The van der Waals surface area contributed by atoms with Gasteiger partial charge in [-0.3, -0.25) is 0 Å². The van der Waals surface area contributed by atoms with Gasteiger partial charge in [-0.15, -0.1) is 0 Å². The van der Waals surface area contributed by atoms with E-state index in [0.717, 1.165) is 11.1 Å². The second-order valence-electron chi connectivity index (χ2n) is 4.01. The SMILES string of the molecule is C=Cc1ccc(COCCOCCOCCN)cc1. The molecule has 0 aromatic heterocycles. The van der Waals surface area contributed by atoms with Gasteiger partial charge in [0.15, 0.2) is 0 Å². The molecule has 0 fully saturated rings. The number of benzene rings is 1. The molecule has 0 atom stereocenters. The van der Waals surface area contributed by atoms with Crippen molar-refractivity contribution >= 4 is 6.08 Å². The summed E-state index contributed by atoms with van der Waals surface area (Å²) in [6.07, 6.45) is 1.82. The highest BCUT2D eigenvalue weighted by atomic mass is 16.5. The molecule has 0 unspecified atom stereocenters. The average molecular weight is 265 g/mol. The van der Waals surface area contributed by atoms with Crippen LogP contribution in [-0.4, -0.2) is 39.6 Å². The first-order valence-corrected chi connectivity index (χ1v) is 6.51. The van der Waals surface area contributed by atoms with Gasteiger partial charge in [-0.25, -0.2) is 0 Å². The van der Waals surface area contributed by atoms with Crippen LogP contribution in [0.3, 0.4) is 0 Å². The number of ether oxygens (including phenoxy) is 3. The summed E-state index contributed by atoms with van der Waals surface area (Å²) in [5, 5.41) is 0. The molecule has 4 heteroatoms. The third-order valence-electron chi connectivity index (χ3n) is 2.49. The minimum Gasteiger partial charge on any atom is -0.378 e. The quantitative estimate of drug-likeness (QED) is 0.620. The molecule has 106 valence electrons. The Balaban J connectivity index is 1.96. The van der Waals surface area contributed by atoms with Gasteiger partial charge in [0, 0.05) is 6.54 Å². The van der Waals surface area contributed by atoms with E-state index in [4.69, 9.17) is 19.9 Å². The van der Waals surface area contributed by atoms with E-state index in [1.807, 2.05) is 30.3 Å². The predicted molar refractivity (Wildman–Crippen MR) is 76.9 cm³/mol. The Kier molecular flexibility index (Phi) is 8.93. The summed E-state index contributed by atoms with van der Waals surface area (Å²) in [4.78, 5) is 0. The molecule has 0 aliphatic carbocycles. The lowest BCUT2D eigenvalue weighted by Crippen LogP contribution is -2.13. The van der Waals surface area contributed by atoms with Gasteiger partial charge in [0.25, 0.3) is 0 Å². The lowest BCUT2D eigenvalue weighted by Gasteiger charge is -2.06. The zero-order chi connectivity index (χ0) is 13.8. The van der Waals surface area contributed by atoms with Crippen molar-refractivity contribution in [1.82, 2.24) is 0 Å². The number of hydrogen-bond donors (Lipinski definition) is 1. The fourth-order valence-electron chi connectivity index (χ4n) is 1.46. The minimum absolute atomic E-state index is 0.549. The maximum Gasteiger partial charge on any atom is 0.0718 e. The Labute approximate surface area is 115 Å². The zero-order valence-corrected chi connectivity index (χ0v) is 11.3. The van der Waals surface area contributed by atoms with Crippen molar-refractivity contribution in [3.63, 3.8) is 0 Å². The molecule has 0 saturated carbocycles. The Morgan fingerprint density at radius 1 is 0.895 bits per heavy atom. The first kappa shape index (κ1) is 15.9. The van der Waals surface area contributed by atoms with Crippen molar-refractivity contribution in [2.45, 2.75) is 6.61 Å². The van der Waals surface area contributed by atoms with Crippen molar-refractivity contribution in [2.24, 2.45) is 5.73 Å². The van der Waals surface area contributed by atoms with Crippen LogP contribution in [0, 0.1) is 0 Å². The molecule has 1 rings (SSSR count). The first-order chi connectivity index (χ1) is 9.36. The van der Waals surface area contributed by atoms with Gasteiger partial charge in [-0.1, -0.05) is 36.9 Å². The topological polar surface area (TPSA) is 53.7 Å². The van der Waals surface area contributed by atoms with Crippen molar-refractivity contribution in [3.8, 4) is 0 Å². The predicted octanol–water partition coefficient (Wildman–Crippen LogP) is 1.84. The fourth-order valence-corrected chi connectivity index (χ4v) is 1.46. The maximum atomic E-state index is 5.51. The second-order valence-corrected chi connectivity index (χ2v) is 4.01. The maximum absolute atomic E-state index is 5.51. The summed E-state index contributed by atoms with van der Waals surface area (Å²) >= 11 is 0. The van der Waals surface area contributed by atoms with Gasteiger partial charge >= 0.3 is 0 Å². The van der Waals surface area contributed by atoms with Crippen LogP contribution in [0.1, 0.15) is 11.1 Å². The summed E-state index contributed by atoms with van der Waals surface area (Å²) in [6.45, 7) is 7.78. The van der Waals surface area contributed by atoms with Crippen LogP contribution in [0.15, 0.2) is 30.8 Å². The summed E-state index contributed by atoms with van der Waals surface area (Å²) in [5.41, 5.74) is 7.56. The van der Waals surface area contributed by atoms with E-state index in [2.05, 4.69) is 6.58 Å². The molecule has 19 heavy (non-hydrogen) atoms. The van der Waals surface area contributed by atoms with E-state index >= 15 is 0 Å². The van der Waals surface area contributed by atoms with Crippen LogP contribution in [0.5, 0.6) is 0 Å². The molecule has 0 aliphatic rings. The van der Waals surface area contributed by atoms with Crippen LogP contribution < -0.4 is 5.73 Å². The molecule has 0 amide bonds. The summed E-state index contributed by atoms with van der Waals surface area (Å²) in [7, 11) is 0. The molecule has 0 radical (unpaired) electrons. The van der Waals surface area contributed by atoms with Gasteiger partial charge < -0.3 is 19.9 Å². The molecule has 2 N–H and O–H groups in total. The van der Waals surface area contributed by atoms with Crippen LogP contribution in [0.2, 0.25) is 0 Å². The van der Waals surface area contributed by atoms with E-state index in [1.54, 1.807) is 0 Å². The van der Waals surface area contributed by atoms with Crippen molar-refractivity contribution in [3.05, 3.63) is 42.0 Å². The monoisotopic (exact) mass is 265 g/mol. The highest BCUT2D eigenvalue weighted by Gasteiger charge is 1.94. The van der Waals surface area contributed by atoms with E-state index in [-0.39, 0.29) is 0 Å². The molecule has 0 saturated heterocycles. The summed E-state index contributed by atoms with van der Waals surface area (Å²) in [5.74, 6) is 0. The Hall–Kier alpha value is -1.20. The third kappa shape index (κ3) is 7.74. The Morgan fingerprint density at radius 2 is 1.47 bits per heavy atom.